The Balaban J connectivity index is 1.37. The van der Waals surface area contributed by atoms with Crippen LogP contribution in [0.25, 0.3) is 81.8 Å². The SMILES string of the molecule is c1ccc(-c2ccc3sc4c(ccc5c6ccccc6n(-c6nc(-c7ccccc7)nc(-c7ccccc7)n6)c54)c3c2)cc1. The highest BCUT2D eigenvalue weighted by Crippen LogP contribution is 2.43. The van der Waals surface area contributed by atoms with E-state index in [1.807, 2.05) is 72.0 Å². The van der Waals surface area contributed by atoms with E-state index in [0.29, 0.717) is 17.6 Å². The number of hydrogen-bond donors (Lipinski definition) is 0. The Hall–Kier alpha value is -5.65. The molecule has 9 rings (SSSR count). The average Bonchev–Trinajstić information content (AvgIpc) is 3.65. The van der Waals surface area contributed by atoms with Crippen molar-refractivity contribution in [3.05, 3.63) is 146 Å². The van der Waals surface area contributed by atoms with Crippen molar-refractivity contribution in [2.45, 2.75) is 0 Å². The van der Waals surface area contributed by atoms with Gasteiger partial charge in [0.25, 0.3) is 0 Å². The monoisotopic (exact) mass is 580 g/mol. The summed E-state index contributed by atoms with van der Waals surface area (Å²) in [5, 5.41) is 4.86. The number of fused-ring (bicyclic) bond motifs is 7. The predicted molar refractivity (Wildman–Crippen MR) is 183 cm³/mol. The summed E-state index contributed by atoms with van der Waals surface area (Å²) in [6.07, 6.45) is 0. The second kappa shape index (κ2) is 9.97. The molecule has 4 nitrogen and oxygen atoms in total. The highest BCUT2D eigenvalue weighted by atomic mass is 32.1. The van der Waals surface area contributed by atoms with Crippen molar-refractivity contribution in [2.24, 2.45) is 0 Å². The number of thiophene rings is 1. The van der Waals surface area contributed by atoms with Gasteiger partial charge < -0.3 is 0 Å². The topological polar surface area (TPSA) is 43.6 Å². The zero-order valence-electron chi connectivity index (χ0n) is 23.6. The Morgan fingerprint density at radius 2 is 1.02 bits per heavy atom. The number of hydrogen-bond acceptors (Lipinski definition) is 4. The van der Waals surface area contributed by atoms with Gasteiger partial charge in [-0.3, -0.25) is 4.57 Å². The van der Waals surface area contributed by atoms with Gasteiger partial charge in [-0.15, -0.1) is 11.3 Å². The first-order valence-electron chi connectivity index (χ1n) is 14.6. The van der Waals surface area contributed by atoms with Crippen LogP contribution >= 0.6 is 11.3 Å². The summed E-state index contributed by atoms with van der Waals surface area (Å²) in [6, 6.07) is 50.8. The maximum absolute atomic E-state index is 5.13. The van der Waals surface area contributed by atoms with E-state index in [4.69, 9.17) is 15.0 Å². The van der Waals surface area contributed by atoms with Gasteiger partial charge in [-0.05, 0) is 29.3 Å². The van der Waals surface area contributed by atoms with E-state index >= 15 is 0 Å². The van der Waals surface area contributed by atoms with E-state index < -0.39 is 0 Å². The molecule has 206 valence electrons. The van der Waals surface area contributed by atoms with Crippen LogP contribution in [0.3, 0.4) is 0 Å². The van der Waals surface area contributed by atoms with Crippen LogP contribution in [0.1, 0.15) is 0 Å². The Morgan fingerprint density at radius 3 is 1.70 bits per heavy atom. The number of aromatic nitrogens is 4. The molecule has 0 bridgehead atoms. The lowest BCUT2D eigenvalue weighted by molar-refractivity contribution is 0.955. The van der Waals surface area contributed by atoms with Gasteiger partial charge in [-0.25, -0.2) is 4.98 Å². The van der Waals surface area contributed by atoms with Gasteiger partial charge in [0.05, 0.1) is 15.7 Å². The number of nitrogens with zero attached hydrogens (tertiary/aromatic N) is 4. The fourth-order valence-electron chi connectivity index (χ4n) is 6.20. The molecule has 0 atom stereocenters. The predicted octanol–water partition coefficient (Wildman–Crippen LogP) is 10.3. The molecule has 0 N–H and O–H groups in total. The molecule has 0 fully saturated rings. The van der Waals surface area contributed by atoms with Crippen molar-refractivity contribution in [2.75, 3.05) is 0 Å². The minimum Gasteiger partial charge on any atom is -0.276 e. The van der Waals surface area contributed by atoms with Crippen LogP contribution in [0.5, 0.6) is 0 Å². The Kier molecular flexibility index (Phi) is 5.64. The highest BCUT2D eigenvalue weighted by molar-refractivity contribution is 7.26. The molecule has 44 heavy (non-hydrogen) atoms. The first-order valence-corrected chi connectivity index (χ1v) is 15.4. The molecule has 6 aromatic carbocycles. The summed E-state index contributed by atoms with van der Waals surface area (Å²) < 4.78 is 4.72. The van der Waals surface area contributed by atoms with E-state index in [-0.39, 0.29) is 0 Å². The minimum atomic E-state index is 0.610. The smallest absolute Gasteiger partial charge is 0.238 e. The van der Waals surface area contributed by atoms with Gasteiger partial charge in [0.2, 0.25) is 5.95 Å². The molecule has 0 saturated carbocycles. The summed E-state index contributed by atoms with van der Waals surface area (Å²) in [6.45, 7) is 0. The van der Waals surface area contributed by atoms with Crippen LogP contribution in [-0.4, -0.2) is 19.5 Å². The molecule has 0 aliphatic heterocycles. The summed E-state index contributed by atoms with van der Waals surface area (Å²) in [5.74, 6) is 1.91. The van der Waals surface area contributed by atoms with Crippen molar-refractivity contribution < 1.29 is 0 Å². The number of para-hydroxylation sites is 1. The summed E-state index contributed by atoms with van der Waals surface area (Å²) in [7, 11) is 0. The lowest BCUT2D eigenvalue weighted by atomic mass is 10.0. The third-order valence-electron chi connectivity index (χ3n) is 8.27. The molecule has 3 heterocycles. The third kappa shape index (κ3) is 3.94. The molecular weight excluding hydrogens is 557 g/mol. The first-order chi connectivity index (χ1) is 21.8. The van der Waals surface area contributed by atoms with Gasteiger partial charge >= 0.3 is 0 Å². The zero-order valence-corrected chi connectivity index (χ0v) is 24.4. The molecule has 0 amide bonds. The molecule has 0 aliphatic carbocycles. The average molecular weight is 581 g/mol. The molecule has 9 aromatic rings. The lowest BCUT2D eigenvalue weighted by Crippen LogP contribution is -2.06. The second-order valence-corrected chi connectivity index (χ2v) is 11.9. The van der Waals surface area contributed by atoms with Gasteiger partial charge in [0, 0.05) is 37.4 Å². The van der Waals surface area contributed by atoms with E-state index in [0.717, 1.165) is 22.2 Å². The van der Waals surface area contributed by atoms with Crippen molar-refractivity contribution in [1.29, 1.82) is 0 Å². The Morgan fingerprint density at radius 1 is 0.432 bits per heavy atom. The summed E-state index contributed by atoms with van der Waals surface area (Å²) in [4.78, 5) is 15.2. The molecular formula is C39H24N4S. The molecule has 0 saturated heterocycles. The van der Waals surface area contributed by atoms with Gasteiger partial charge in [0.15, 0.2) is 11.6 Å². The number of rotatable bonds is 4. The minimum absolute atomic E-state index is 0.610. The van der Waals surface area contributed by atoms with Crippen molar-refractivity contribution in [1.82, 2.24) is 19.5 Å². The second-order valence-electron chi connectivity index (χ2n) is 10.9. The molecule has 5 heteroatoms. The Bertz CT molecular complexity index is 2420. The van der Waals surface area contributed by atoms with E-state index in [2.05, 4.69) is 89.5 Å². The normalized spacial score (nSPS) is 11.6. The van der Waals surface area contributed by atoms with E-state index in [9.17, 15) is 0 Å². The van der Waals surface area contributed by atoms with Crippen LogP contribution in [-0.2, 0) is 0 Å². The fraction of sp³-hybridized carbons (Fsp3) is 0. The third-order valence-corrected chi connectivity index (χ3v) is 9.46. The molecule has 3 aromatic heterocycles. The van der Waals surface area contributed by atoms with Gasteiger partial charge in [-0.1, -0.05) is 127 Å². The highest BCUT2D eigenvalue weighted by Gasteiger charge is 2.21. The molecule has 0 spiro atoms. The summed E-state index contributed by atoms with van der Waals surface area (Å²) >= 11 is 1.83. The number of benzene rings is 6. The Labute approximate surface area is 257 Å². The van der Waals surface area contributed by atoms with Crippen LogP contribution < -0.4 is 0 Å². The van der Waals surface area contributed by atoms with Crippen LogP contribution in [0.4, 0.5) is 0 Å². The quantitative estimate of drug-likeness (QED) is 0.208. The first kappa shape index (κ1) is 24.9. The van der Waals surface area contributed by atoms with E-state index in [1.54, 1.807) is 0 Å². The lowest BCUT2D eigenvalue weighted by Gasteiger charge is -2.11. The van der Waals surface area contributed by atoms with Crippen LogP contribution in [0.2, 0.25) is 0 Å². The van der Waals surface area contributed by atoms with Gasteiger partial charge in [-0.2, -0.15) is 9.97 Å². The maximum atomic E-state index is 5.13. The molecule has 0 radical (unpaired) electrons. The summed E-state index contributed by atoms with van der Waals surface area (Å²) in [5.41, 5.74) is 6.54. The van der Waals surface area contributed by atoms with Gasteiger partial charge in [0.1, 0.15) is 0 Å². The van der Waals surface area contributed by atoms with Crippen LogP contribution in [0, 0.1) is 0 Å². The molecule has 0 aliphatic rings. The largest absolute Gasteiger partial charge is 0.276 e. The zero-order chi connectivity index (χ0) is 29.0. The standard InChI is InChI=1S/C39H24N4S/c1-4-12-25(13-5-1)28-20-23-34-32(24-28)31-22-21-30-29-18-10-11-19-33(29)43(35(30)36(31)44-34)39-41-37(26-14-6-2-7-15-26)40-38(42-39)27-16-8-3-9-17-27/h1-24H. The van der Waals surface area contributed by atoms with Crippen LogP contribution in [0.15, 0.2) is 146 Å². The maximum Gasteiger partial charge on any atom is 0.238 e. The van der Waals surface area contributed by atoms with Crippen molar-refractivity contribution in [3.8, 4) is 39.9 Å². The van der Waals surface area contributed by atoms with E-state index in [1.165, 1.54) is 42.1 Å². The fourth-order valence-corrected chi connectivity index (χ4v) is 7.42. The van der Waals surface area contributed by atoms with Crippen molar-refractivity contribution >= 4 is 53.3 Å². The van der Waals surface area contributed by atoms with Crippen molar-refractivity contribution in [3.63, 3.8) is 0 Å². The molecule has 0 unspecified atom stereocenters.